The van der Waals surface area contributed by atoms with Gasteiger partial charge in [-0.25, -0.2) is 4.79 Å². The zero-order valence-electron chi connectivity index (χ0n) is 8.71. The molecule has 1 heterocycles. The van der Waals surface area contributed by atoms with Crippen molar-refractivity contribution in [2.45, 2.75) is 6.18 Å². The molecule has 0 spiro atoms. The van der Waals surface area contributed by atoms with Crippen molar-refractivity contribution < 1.29 is 23.1 Å². The number of H-pyrrole nitrogens is 1. The van der Waals surface area contributed by atoms with Crippen LogP contribution in [-0.4, -0.2) is 16.1 Å². The molecule has 0 saturated heterocycles. The molecule has 2 aromatic rings. The van der Waals surface area contributed by atoms with E-state index in [1.165, 1.54) is 0 Å². The Bertz CT molecular complexity index is 688. The Morgan fingerprint density at radius 2 is 1.89 bits per heavy atom. The molecule has 2 N–H and O–H groups in total. The largest absolute Gasteiger partial charge is 0.478 e. The summed E-state index contributed by atoms with van der Waals surface area (Å²) in [4.78, 5) is 23.9. The number of hydrogen-bond acceptors (Lipinski definition) is 2. The van der Waals surface area contributed by atoms with Gasteiger partial charge in [-0.2, -0.15) is 13.2 Å². The summed E-state index contributed by atoms with van der Waals surface area (Å²) in [5.41, 5.74) is -2.76. The van der Waals surface area contributed by atoms with Crippen molar-refractivity contribution in [3.05, 3.63) is 45.7 Å². The van der Waals surface area contributed by atoms with E-state index in [1.807, 2.05) is 0 Å². The zero-order chi connectivity index (χ0) is 13.5. The molecule has 2 rings (SSSR count). The fourth-order valence-electron chi connectivity index (χ4n) is 1.61. The van der Waals surface area contributed by atoms with Crippen LogP contribution in [0, 0.1) is 0 Å². The molecule has 0 radical (unpaired) electrons. The van der Waals surface area contributed by atoms with Gasteiger partial charge in [0.25, 0.3) is 0 Å². The van der Waals surface area contributed by atoms with Crippen LogP contribution in [0.5, 0.6) is 0 Å². The first-order chi connectivity index (χ1) is 8.29. The van der Waals surface area contributed by atoms with Gasteiger partial charge in [0.15, 0.2) is 0 Å². The molecule has 0 saturated carbocycles. The first-order valence-electron chi connectivity index (χ1n) is 4.76. The van der Waals surface area contributed by atoms with Gasteiger partial charge in [0.05, 0.1) is 16.6 Å². The number of aromatic amines is 1. The molecule has 0 unspecified atom stereocenters. The van der Waals surface area contributed by atoms with Crippen molar-refractivity contribution in [3.63, 3.8) is 0 Å². The summed E-state index contributed by atoms with van der Waals surface area (Å²) >= 11 is 0. The van der Waals surface area contributed by atoms with Crippen molar-refractivity contribution >= 4 is 16.9 Å². The summed E-state index contributed by atoms with van der Waals surface area (Å²) in [5, 5.41) is 8.77. The highest BCUT2D eigenvalue weighted by molar-refractivity contribution is 5.94. The third-order valence-corrected chi connectivity index (χ3v) is 2.38. The number of carboxylic acids is 1. The number of rotatable bonds is 1. The lowest BCUT2D eigenvalue weighted by Crippen LogP contribution is -2.12. The molecule has 0 bridgehead atoms. The number of benzene rings is 1. The topological polar surface area (TPSA) is 70.2 Å². The van der Waals surface area contributed by atoms with Crippen molar-refractivity contribution in [1.82, 2.24) is 4.98 Å². The quantitative estimate of drug-likeness (QED) is 0.823. The minimum Gasteiger partial charge on any atom is -0.478 e. The Morgan fingerprint density at radius 1 is 1.22 bits per heavy atom. The van der Waals surface area contributed by atoms with Crippen molar-refractivity contribution in [2.24, 2.45) is 0 Å². The predicted octanol–water partition coefficient (Wildman–Crippen LogP) is 2.25. The maximum Gasteiger partial charge on any atom is 0.418 e. The minimum absolute atomic E-state index is 0.0156. The molecule has 18 heavy (non-hydrogen) atoms. The smallest absolute Gasteiger partial charge is 0.418 e. The van der Waals surface area contributed by atoms with Gasteiger partial charge in [-0.3, -0.25) is 4.79 Å². The van der Waals surface area contributed by atoms with E-state index in [9.17, 15) is 22.8 Å². The second-order valence-corrected chi connectivity index (χ2v) is 3.61. The van der Waals surface area contributed by atoms with Crippen molar-refractivity contribution in [2.75, 3.05) is 0 Å². The summed E-state index contributed by atoms with van der Waals surface area (Å²) in [7, 11) is 0. The van der Waals surface area contributed by atoms with E-state index in [1.54, 1.807) is 0 Å². The number of carboxylic acid groups (broad SMARTS) is 1. The second kappa shape index (κ2) is 3.86. The number of pyridine rings is 1. The molecule has 1 aromatic heterocycles. The van der Waals surface area contributed by atoms with Gasteiger partial charge in [0.2, 0.25) is 5.56 Å². The molecular formula is C11H6F3NO3. The molecule has 0 aliphatic rings. The number of carbonyl (C=O) groups is 1. The zero-order valence-corrected chi connectivity index (χ0v) is 8.71. The van der Waals surface area contributed by atoms with Crippen LogP contribution in [-0.2, 0) is 6.18 Å². The SMILES string of the molecule is O=C(O)c1cc(C(F)(F)F)c2[nH]c(=O)ccc2c1. The average molecular weight is 257 g/mol. The lowest BCUT2D eigenvalue weighted by atomic mass is 10.0. The van der Waals surface area contributed by atoms with Crippen LogP contribution < -0.4 is 5.56 Å². The number of aromatic nitrogens is 1. The number of hydrogen-bond donors (Lipinski definition) is 2. The number of halogens is 3. The first-order valence-corrected chi connectivity index (χ1v) is 4.76. The maximum atomic E-state index is 12.8. The van der Waals surface area contributed by atoms with Crippen molar-refractivity contribution in [1.29, 1.82) is 0 Å². The summed E-state index contributed by atoms with van der Waals surface area (Å²) in [5.74, 6) is -1.46. The summed E-state index contributed by atoms with van der Waals surface area (Å²) in [6, 6.07) is 3.76. The van der Waals surface area contributed by atoms with Gasteiger partial charge < -0.3 is 10.1 Å². The number of aromatic carboxylic acids is 1. The number of alkyl halides is 3. The molecule has 1 aromatic carbocycles. The van der Waals surface area contributed by atoms with Crippen LogP contribution in [0.1, 0.15) is 15.9 Å². The van der Waals surface area contributed by atoms with E-state index in [4.69, 9.17) is 5.11 Å². The molecule has 0 aliphatic carbocycles. The number of fused-ring (bicyclic) bond motifs is 1. The van der Waals surface area contributed by atoms with Crippen LogP contribution in [0.2, 0.25) is 0 Å². The first kappa shape index (κ1) is 12.2. The molecule has 4 nitrogen and oxygen atoms in total. The summed E-state index contributed by atoms with van der Waals surface area (Å²) < 4.78 is 38.3. The van der Waals surface area contributed by atoms with Crippen molar-refractivity contribution in [3.8, 4) is 0 Å². The predicted molar refractivity (Wildman–Crippen MR) is 56.5 cm³/mol. The molecule has 7 heteroatoms. The Hall–Kier alpha value is -2.31. The highest BCUT2D eigenvalue weighted by atomic mass is 19.4. The average Bonchev–Trinajstić information content (AvgIpc) is 2.26. The van der Waals surface area contributed by atoms with Crippen LogP contribution in [0.25, 0.3) is 10.9 Å². The number of nitrogens with one attached hydrogen (secondary N) is 1. The Kier molecular flexibility index (Phi) is 2.61. The third kappa shape index (κ3) is 2.06. The van der Waals surface area contributed by atoms with Crippen LogP contribution in [0.4, 0.5) is 13.2 Å². The molecule has 0 fully saturated rings. The van der Waals surface area contributed by atoms with E-state index in [2.05, 4.69) is 4.98 Å². The van der Waals surface area contributed by atoms with Gasteiger partial charge in [0.1, 0.15) is 0 Å². The Balaban J connectivity index is 2.90. The van der Waals surface area contributed by atoms with E-state index in [0.29, 0.717) is 6.07 Å². The van der Waals surface area contributed by atoms with Crippen LogP contribution in [0.3, 0.4) is 0 Å². The van der Waals surface area contributed by atoms with Gasteiger partial charge in [-0.1, -0.05) is 0 Å². The fourth-order valence-corrected chi connectivity index (χ4v) is 1.61. The third-order valence-electron chi connectivity index (χ3n) is 2.38. The van der Waals surface area contributed by atoms with E-state index in [-0.39, 0.29) is 5.39 Å². The molecule has 0 aliphatic heterocycles. The normalized spacial score (nSPS) is 11.7. The van der Waals surface area contributed by atoms with Gasteiger partial charge in [-0.05, 0) is 23.6 Å². The Morgan fingerprint density at radius 3 is 2.44 bits per heavy atom. The fraction of sp³-hybridized carbons (Fsp3) is 0.0909. The lowest BCUT2D eigenvalue weighted by Gasteiger charge is -2.11. The Labute approximate surface area is 97.7 Å². The van der Waals surface area contributed by atoms with Gasteiger partial charge in [0, 0.05) is 6.07 Å². The summed E-state index contributed by atoms with van der Waals surface area (Å²) in [6.45, 7) is 0. The molecule has 0 amide bonds. The molecular weight excluding hydrogens is 251 g/mol. The molecule has 0 atom stereocenters. The van der Waals surface area contributed by atoms with E-state index >= 15 is 0 Å². The van der Waals surface area contributed by atoms with Gasteiger partial charge >= 0.3 is 12.1 Å². The van der Waals surface area contributed by atoms with Crippen LogP contribution >= 0.6 is 0 Å². The lowest BCUT2D eigenvalue weighted by molar-refractivity contribution is -0.136. The van der Waals surface area contributed by atoms with Crippen LogP contribution in [0.15, 0.2) is 29.1 Å². The summed E-state index contributed by atoms with van der Waals surface area (Å²) in [6.07, 6.45) is -4.74. The standard InChI is InChI=1S/C11H6F3NO3/c12-11(13,14)7-4-6(10(17)18)3-5-1-2-8(16)15-9(5)7/h1-4H,(H,15,16)(H,17,18). The highest BCUT2D eigenvalue weighted by Gasteiger charge is 2.34. The highest BCUT2D eigenvalue weighted by Crippen LogP contribution is 2.34. The molecule has 94 valence electrons. The maximum absolute atomic E-state index is 12.8. The van der Waals surface area contributed by atoms with E-state index < -0.39 is 34.3 Å². The monoisotopic (exact) mass is 257 g/mol. The van der Waals surface area contributed by atoms with E-state index in [0.717, 1.165) is 18.2 Å². The minimum atomic E-state index is -4.74. The van der Waals surface area contributed by atoms with Gasteiger partial charge in [-0.15, -0.1) is 0 Å². The second-order valence-electron chi connectivity index (χ2n) is 3.61.